The minimum absolute atomic E-state index is 0.0420. The highest BCUT2D eigenvalue weighted by Crippen LogP contribution is 2.17. The monoisotopic (exact) mass is 215 g/mol. The van der Waals surface area contributed by atoms with Gasteiger partial charge in [0.2, 0.25) is 0 Å². The van der Waals surface area contributed by atoms with Crippen LogP contribution >= 0.6 is 0 Å². The van der Waals surface area contributed by atoms with E-state index in [1.807, 2.05) is 0 Å². The second kappa shape index (κ2) is 4.14. The first-order valence-corrected chi connectivity index (χ1v) is 4.84. The Morgan fingerprint density at radius 2 is 1.50 bits per heavy atom. The number of ketones is 1. The lowest BCUT2D eigenvalue weighted by Gasteiger charge is -2.04. The molecule has 0 atom stereocenters. The number of carbonyl (C=O) groups is 1. The highest BCUT2D eigenvalue weighted by molar-refractivity contribution is 6.12. The Morgan fingerprint density at radius 3 is 2.12 bits per heavy atom. The van der Waals surface area contributed by atoms with Gasteiger partial charge < -0.3 is 5.73 Å². The lowest BCUT2D eigenvalue weighted by molar-refractivity contribution is 0.103. The fraction of sp³-hybridized carbons (Fsp3) is 0. The minimum Gasteiger partial charge on any atom is -0.398 e. The molecule has 0 aliphatic rings. The zero-order valence-electron chi connectivity index (χ0n) is 8.48. The first-order chi connectivity index (χ1) is 7.70. The van der Waals surface area contributed by atoms with Crippen LogP contribution < -0.4 is 5.73 Å². The molecule has 2 nitrogen and oxygen atoms in total. The third kappa shape index (κ3) is 1.80. The number of anilines is 1. The van der Waals surface area contributed by atoms with Gasteiger partial charge in [-0.1, -0.05) is 24.3 Å². The van der Waals surface area contributed by atoms with Crippen LogP contribution in [0.2, 0.25) is 0 Å². The van der Waals surface area contributed by atoms with Crippen LogP contribution in [-0.4, -0.2) is 5.78 Å². The van der Waals surface area contributed by atoms with E-state index in [0.717, 1.165) is 0 Å². The van der Waals surface area contributed by atoms with E-state index in [1.165, 1.54) is 12.1 Å². The summed E-state index contributed by atoms with van der Waals surface area (Å²) in [6, 6.07) is 12.5. The van der Waals surface area contributed by atoms with Gasteiger partial charge in [-0.25, -0.2) is 4.39 Å². The largest absolute Gasteiger partial charge is 0.398 e. The molecule has 3 heteroatoms. The predicted octanol–water partition coefficient (Wildman–Crippen LogP) is 2.64. The molecule has 0 aliphatic carbocycles. The van der Waals surface area contributed by atoms with Crippen molar-refractivity contribution in [3.8, 4) is 0 Å². The van der Waals surface area contributed by atoms with Crippen LogP contribution in [0.15, 0.2) is 48.5 Å². The van der Waals surface area contributed by atoms with Gasteiger partial charge in [-0.2, -0.15) is 0 Å². The molecule has 0 radical (unpaired) electrons. The molecule has 0 saturated heterocycles. The summed E-state index contributed by atoms with van der Waals surface area (Å²) in [5.41, 5.74) is 6.39. The van der Waals surface area contributed by atoms with Gasteiger partial charge in [0.1, 0.15) is 5.82 Å². The molecule has 2 aromatic rings. The second-order valence-electron chi connectivity index (χ2n) is 3.40. The van der Waals surface area contributed by atoms with E-state index in [-0.39, 0.29) is 5.56 Å². The van der Waals surface area contributed by atoms with Crippen molar-refractivity contribution in [2.75, 3.05) is 5.73 Å². The third-order valence-electron chi connectivity index (χ3n) is 2.32. The fourth-order valence-electron chi connectivity index (χ4n) is 1.49. The Morgan fingerprint density at radius 1 is 0.938 bits per heavy atom. The minimum atomic E-state index is -0.532. The van der Waals surface area contributed by atoms with Gasteiger partial charge in [0.05, 0.1) is 5.56 Å². The average molecular weight is 215 g/mol. The molecule has 0 saturated carbocycles. The molecule has 0 heterocycles. The van der Waals surface area contributed by atoms with Crippen molar-refractivity contribution in [1.82, 2.24) is 0 Å². The van der Waals surface area contributed by atoms with Crippen molar-refractivity contribution < 1.29 is 9.18 Å². The van der Waals surface area contributed by atoms with Crippen molar-refractivity contribution in [2.45, 2.75) is 0 Å². The number of rotatable bonds is 2. The quantitative estimate of drug-likeness (QED) is 0.618. The molecular weight excluding hydrogens is 205 g/mol. The number of nitrogens with two attached hydrogens (primary N) is 1. The van der Waals surface area contributed by atoms with Crippen LogP contribution in [0.25, 0.3) is 0 Å². The Labute approximate surface area is 92.5 Å². The maximum atomic E-state index is 13.4. The third-order valence-corrected chi connectivity index (χ3v) is 2.32. The number of halogens is 1. The molecule has 2 aromatic carbocycles. The summed E-state index contributed by atoms with van der Waals surface area (Å²) in [4.78, 5) is 12.0. The summed E-state index contributed by atoms with van der Waals surface area (Å²) in [6.07, 6.45) is 0. The standard InChI is InChI=1S/C13H10FNO/c14-11-7-3-1-5-9(11)13(16)10-6-2-4-8-12(10)15/h1-8H,15H2. The summed E-state index contributed by atoms with van der Waals surface area (Å²) >= 11 is 0. The molecule has 0 aliphatic heterocycles. The van der Waals surface area contributed by atoms with E-state index in [4.69, 9.17) is 5.73 Å². The summed E-state index contributed by atoms with van der Waals surface area (Å²) in [7, 11) is 0. The molecule has 0 fully saturated rings. The molecule has 2 N–H and O–H groups in total. The maximum Gasteiger partial charge on any atom is 0.198 e. The van der Waals surface area contributed by atoms with Crippen LogP contribution in [0.1, 0.15) is 15.9 Å². The molecule has 0 amide bonds. The molecule has 80 valence electrons. The predicted molar refractivity (Wildman–Crippen MR) is 60.7 cm³/mol. The topological polar surface area (TPSA) is 43.1 Å². The van der Waals surface area contributed by atoms with Gasteiger partial charge in [-0.3, -0.25) is 4.79 Å². The maximum absolute atomic E-state index is 13.4. The van der Waals surface area contributed by atoms with Crippen LogP contribution in [0.3, 0.4) is 0 Å². The van der Waals surface area contributed by atoms with Gasteiger partial charge in [0.25, 0.3) is 0 Å². The molecule has 16 heavy (non-hydrogen) atoms. The van der Waals surface area contributed by atoms with E-state index < -0.39 is 11.6 Å². The molecule has 0 bridgehead atoms. The number of hydrogen-bond donors (Lipinski definition) is 1. The van der Waals surface area contributed by atoms with E-state index >= 15 is 0 Å². The Kier molecular flexibility index (Phi) is 2.68. The van der Waals surface area contributed by atoms with Crippen molar-refractivity contribution in [2.24, 2.45) is 0 Å². The Hall–Kier alpha value is -2.16. The first kappa shape index (κ1) is 10.4. The number of benzene rings is 2. The normalized spacial score (nSPS) is 10.1. The highest BCUT2D eigenvalue weighted by atomic mass is 19.1. The molecule has 0 unspecified atom stereocenters. The highest BCUT2D eigenvalue weighted by Gasteiger charge is 2.14. The first-order valence-electron chi connectivity index (χ1n) is 4.84. The van der Waals surface area contributed by atoms with Crippen molar-refractivity contribution in [3.05, 3.63) is 65.5 Å². The fourth-order valence-corrected chi connectivity index (χ4v) is 1.49. The SMILES string of the molecule is Nc1ccccc1C(=O)c1ccccc1F. The number of para-hydroxylation sites is 1. The van der Waals surface area contributed by atoms with Crippen LogP contribution in [0.5, 0.6) is 0 Å². The van der Waals surface area contributed by atoms with Gasteiger partial charge in [-0.05, 0) is 24.3 Å². The number of carbonyl (C=O) groups excluding carboxylic acids is 1. The second-order valence-corrected chi connectivity index (χ2v) is 3.40. The summed E-state index contributed by atoms with van der Waals surface area (Å²) in [5.74, 6) is -0.924. The van der Waals surface area contributed by atoms with Crippen LogP contribution in [-0.2, 0) is 0 Å². The van der Waals surface area contributed by atoms with E-state index in [0.29, 0.717) is 11.3 Å². The van der Waals surface area contributed by atoms with E-state index in [9.17, 15) is 9.18 Å². The van der Waals surface area contributed by atoms with E-state index in [1.54, 1.807) is 36.4 Å². The zero-order valence-corrected chi connectivity index (χ0v) is 8.48. The summed E-state index contributed by atoms with van der Waals surface area (Å²) < 4.78 is 13.4. The average Bonchev–Trinajstić information content (AvgIpc) is 2.29. The van der Waals surface area contributed by atoms with Crippen molar-refractivity contribution >= 4 is 11.5 Å². The summed E-state index contributed by atoms with van der Waals surface area (Å²) in [5, 5.41) is 0. The van der Waals surface area contributed by atoms with Gasteiger partial charge >= 0.3 is 0 Å². The van der Waals surface area contributed by atoms with Crippen molar-refractivity contribution in [1.29, 1.82) is 0 Å². The van der Waals surface area contributed by atoms with Crippen LogP contribution in [0.4, 0.5) is 10.1 Å². The van der Waals surface area contributed by atoms with Gasteiger partial charge in [0.15, 0.2) is 5.78 Å². The van der Waals surface area contributed by atoms with E-state index in [2.05, 4.69) is 0 Å². The number of hydrogen-bond acceptors (Lipinski definition) is 2. The zero-order chi connectivity index (χ0) is 11.5. The van der Waals surface area contributed by atoms with Gasteiger partial charge in [0, 0.05) is 11.3 Å². The molecule has 0 spiro atoms. The van der Waals surface area contributed by atoms with Crippen LogP contribution in [0, 0.1) is 5.82 Å². The number of nitrogen functional groups attached to an aromatic ring is 1. The lowest BCUT2D eigenvalue weighted by Crippen LogP contribution is -2.07. The molecular formula is C13H10FNO. The van der Waals surface area contributed by atoms with Crippen molar-refractivity contribution in [3.63, 3.8) is 0 Å². The molecule has 2 rings (SSSR count). The Bertz CT molecular complexity index is 489. The summed E-state index contributed by atoms with van der Waals surface area (Å²) in [6.45, 7) is 0. The Balaban J connectivity index is 2.48. The van der Waals surface area contributed by atoms with Gasteiger partial charge in [-0.15, -0.1) is 0 Å². The smallest absolute Gasteiger partial charge is 0.198 e. The lowest BCUT2D eigenvalue weighted by atomic mass is 10.0. The molecule has 0 aromatic heterocycles.